The Bertz CT molecular complexity index is 1890. The average molecular weight is 662 g/mol. The topological polar surface area (TPSA) is 146 Å². The molecule has 5 heterocycles. The molecule has 2 amide bonds. The number of phenols is 1. The third-order valence-electron chi connectivity index (χ3n) is 11.0. The number of piperidine rings is 1. The number of carbonyl (C=O) groups is 2. The fourth-order valence-corrected chi connectivity index (χ4v) is 8.43. The van der Waals surface area contributed by atoms with E-state index in [4.69, 9.17) is 10.8 Å². The average Bonchev–Trinajstić information content (AvgIpc) is 3.73. The van der Waals surface area contributed by atoms with Crippen molar-refractivity contribution in [3.63, 3.8) is 0 Å². The molecule has 4 N–H and O–H groups in total. The zero-order chi connectivity index (χ0) is 33.6. The Morgan fingerprint density at radius 1 is 0.816 bits per heavy atom. The maximum Gasteiger partial charge on any atom is 0.249 e. The molecule has 4 aromatic rings. The number of aromatic hydroxyl groups is 1. The molecule has 49 heavy (non-hydrogen) atoms. The van der Waals surface area contributed by atoms with Crippen LogP contribution in [-0.2, 0) is 16.0 Å². The zero-order valence-electron chi connectivity index (χ0n) is 27.9. The van der Waals surface area contributed by atoms with E-state index in [9.17, 15) is 14.7 Å². The van der Waals surface area contributed by atoms with E-state index in [0.717, 1.165) is 87.3 Å². The number of nitrogens with one attached hydrogen (secondary N) is 1. The van der Waals surface area contributed by atoms with Crippen molar-refractivity contribution >= 4 is 29.0 Å². The summed E-state index contributed by atoms with van der Waals surface area (Å²) in [6, 6.07) is 16.1. The van der Waals surface area contributed by atoms with Crippen molar-refractivity contribution in [2.24, 2.45) is 0 Å². The lowest BCUT2D eigenvalue weighted by atomic mass is 9.90. The smallest absolute Gasteiger partial charge is 0.249 e. The molecule has 12 nitrogen and oxygen atoms in total. The van der Waals surface area contributed by atoms with Crippen LogP contribution in [0.5, 0.6) is 5.75 Å². The van der Waals surface area contributed by atoms with Crippen molar-refractivity contribution in [1.82, 2.24) is 30.2 Å². The molecule has 0 unspecified atom stereocenters. The lowest BCUT2D eigenvalue weighted by molar-refractivity contribution is -0.134. The van der Waals surface area contributed by atoms with Gasteiger partial charge in [-0.25, -0.2) is 0 Å². The number of amides is 2. The predicted octanol–water partition coefficient (Wildman–Crippen LogP) is 4.08. The molecular formula is C37H43N9O3. The van der Waals surface area contributed by atoms with E-state index in [1.165, 1.54) is 11.3 Å². The van der Waals surface area contributed by atoms with E-state index in [1.807, 2.05) is 25.1 Å². The largest absolute Gasteiger partial charge is 0.507 e. The number of hydrogen-bond donors (Lipinski definition) is 3. The highest BCUT2D eigenvalue weighted by molar-refractivity contribution is 6.02. The molecule has 8 rings (SSSR count). The van der Waals surface area contributed by atoms with E-state index in [2.05, 4.69) is 59.3 Å². The van der Waals surface area contributed by atoms with E-state index in [-0.39, 0.29) is 23.6 Å². The highest BCUT2D eigenvalue weighted by Gasteiger charge is 2.37. The normalized spacial score (nSPS) is 23.1. The maximum absolute atomic E-state index is 12.6. The summed E-state index contributed by atoms with van der Waals surface area (Å²) >= 11 is 0. The number of para-hydroxylation sites is 1. The van der Waals surface area contributed by atoms with Gasteiger partial charge in [-0.05, 0) is 75.8 Å². The molecule has 2 aromatic carbocycles. The summed E-state index contributed by atoms with van der Waals surface area (Å²) in [4.78, 5) is 31.7. The second-order valence-electron chi connectivity index (χ2n) is 13.8. The highest BCUT2D eigenvalue weighted by atomic mass is 16.3. The zero-order valence-corrected chi connectivity index (χ0v) is 27.9. The van der Waals surface area contributed by atoms with Crippen LogP contribution in [0.3, 0.4) is 0 Å². The van der Waals surface area contributed by atoms with E-state index in [0.29, 0.717) is 42.0 Å². The van der Waals surface area contributed by atoms with Crippen LogP contribution in [0.15, 0.2) is 54.7 Å². The van der Waals surface area contributed by atoms with Gasteiger partial charge in [-0.15, -0.1) is 10.2 Å². The molecule has 3 fully saturated rings. The maximum atomic E-state index is 12.6. The van der Waals surface area contributed by atoms with Crippen molar-refractivity contribution in [3.8, 4) is 28.1 Å². The van der Waals surface area contributed by atoms with Gasteiger partial charge in [0.15, 0.2) is 5.82 Å². The third kappa shape index (κ3) is 5.88. The van der Waals surface area contributed by atoms with Crippen LogP contribution in [-0.4, -0.2) is 86.6 Å². The molecular weight excluding hydrogens is 618 g/mol. The van der Waals surface area contributed by atoms with Gasteiger partial charge in [-0.3, -0.25) is 24.5 Å². The minimum absolute atomic E-state index is 0.153. The lowest BCUT2D eigenvalue weighted by Gasteiger charge is -2.43. The molecule has 12 heteroatoms. The number of rotatable bonds is 6. The van der Waals surface area contributed by atoms with Gasteiger partial charge in [0.25, 0.3) is 0 Å². The number of hydrogen-bond acceptors (Lipinski definition) is 10. The van der Waals surface area contributed by atoms with Gasteiger partial charge in [-0.2, -0.15) is 5.10 Å². The SMILES string of the molecule is Cc1nn(C2CCC(N3CCN(c4cccc5c4CCN5[C@@H]4CCC(=O)NC4=O)CC3)CC2)cc1-c1cc(-c2ccccc2O)nnc1N. The van der Waals surface area contributed by atoms with Crippen LogP contribution in [0, 0.1) is 6.92 Å². The van der Waals surface area contributed by atoms with Crippen LogP contribution in [0.25, 0.3) is 22.4 Å². The molecule has 1 aliphatic carbocycles. The fourth-order valence-electron chi connectivity index (χ4n) is 8.43. The minimum Gasteiger partial charge on any atom is -0.507 e. The standard InChI is InChI=1S/C37H43N9O3/c1-23-29(28-21-30(40-41-36(28)38)26-5-2-3-8-34(26)47)22-46(42-23)25-11-9-24(10-12-25)43-17-19-44(20-18-43)31-6-4-7-32-27(31)15-16-45(32)33-13-14-35(48)39-37(33)49/h2-8,21-22,24-25,33,47H,9-20H2,1H3,(H2,38,41)(H,39,48,49)/t24?,25?,33-/m1/s1. The first-order valence-corrected chi connectivity index (χ1v) is 17.5. The summed E-state index contributed by atoms with van der Waals surface area (Å²) in [5.41, 5.74) is 13.9. The number of nitrogens with zero attached hydrogens (tertiary/aromatic N) is 7. The van der Waals surface area contributed by atoms with E-state index in [1.54, 1.807) is 12.1 Å². The molecule has 0 radical (unpaired) electrons. The molecule has 254 valence electrons. The molecule has 1 saturated carbocycles. The third-order valence-corrected chi connectivity index (χ3v) is 11.0. The van der Waals surface area contributed by atoms with Gasteiger partial charge in [0, 0.05) is 85.0 Å². The fraction of sp³-hybridized carbons (Fsp3) is 0.432. The van der Waals surface area contributed by atoms with Gasteiger partial charge in [0.1, 0.15) is 11.8 Å². The second kappa shape index (κ2) is 12.8. The van der Waals surface area contributed by atoms with Crippen LogP contribution >= 0.6 is 0 Å². The Labute approximate surface area is 285 Å². The Morgan fingerprint density at radius 3 is 2.35 bits per heavy atom. The number of anilines is 3. The summed E-state index contributed by atoms with van der Waals surface area (Å²) in [6.07, 6.45) is 8.41. The first-order chi connectivity index (χ1) is 23.8. The van der Waals surface area contributed by atoms with Crippen LogP contribution in [0.4, 0.5) is 17.2 Å². The van der Waals surface area contributed by atoms with Crippen molar-refractivity contribution in [2.45, 2.75) is 70.0 Å². The molecule has 0 bridgehead atoms. The van der Waals surface area contributed by atoms with Crippen molar-refractivity contribution < 1.29 is 14.7 Å². The number of carbonyl (C=O) groups excluding carboxylic acids is 2. The number of benzene rings is 2. The Kier molecular flexibility index (Phi) is 8.18. The van der Waals surface area contributed by atoms with Gasteiger partial charge < -0.3 is 20.6 Å². The number of nitrogens with two attached hydrogens (primary N) is 1. The summed E-state index contributed by atoms with van der Waals surface area (Å²) in [5, 5.41) is 26.3. The number of aromatic nitrogens is 4. The molecule has 1 atom stereocenters. The van der Waals surface area contributed by atoms with Crippen LogP contribution < -0.4 is 20.9 Å². The lowest BCUT2D eigenvalue weighted by Crippen LogP contribution is -2.52. The molecule has 4 aliphatic rings. The number of aryl methyl sites for hydroxylation is 1. The van der Waals surface area contributed by atoms with E-state index >= 15 is 0 Å². The van der Waals surface area contributed by atoms with Gasteiger partial charge in [0.05, 0.1) is 17.4 Å². The van der Waals surface area contributed by atoms with E-state index < -0.39 is 0 Å². The second-order valence-corrected chi connectivity index (χ2v) is 13.8. The van der Waals surface area contributed by atoms with Crippen molar-refractivity contribution in [2.75, 3.05) is 48.3 Å². The van der Waals surface area contributed by atoms with Gasteiger partial charge >= 0.3 is 0 Å². The molecule has 3 aliphatic heterocycles. The summed E-state index contributed by atoms with van der Waals surface area (Å²) < 4.78 is 2.12. The number of imide groups is 1. The first kappa shape index (κ1) is 31.3. The first-order valence-electron chi connectivity index (χ1n) is 17.5. The molecule has 2 saturated heterocycles. The summed E-state index contributed by atoms with van der Waals surface area (Å²) in [7, 11) is 0. The summed E-state index contributed by atoms with van der Waals surface area (Å²) in [5.74, 6) is 0.157. The van der Waals surface area contributed by atoms with Crippen molar-refractivity contribution in [1.29, 1.82) is 0 Å². The Hall–Kier alpha value is -4.97. The Morgan fingerprint density at radius 2 is 1.57 bits per heavy atom. The minimum atomic E-state index is -0.271. The number of nitrogen functional groups attached to an aromatic ring is 1. The Balaban J connectivity index is 0.891. The number of piperazine rings is 1. The molecule has 2 aromatic heterocycles. The molecule has 0 spiro atoms. The van der Waals surface area contributed by atoms with Gasteiger partial charge in [0.2, 0.25) is 11.8 Å². The quantitative estimate of drug-likeness (QED) is 0.259. The van der Waals surface area contributed by atoms with Crippen LogP contribution in [0.2, 0.25) is 0 Å². The summed E-state index contributed by atoms with van der Waals surface area (Å²) in [6.45, 7) is 6.86. The predicted molar refractivity (Wildman–Crippen MR) is 188 cm³/mol. The monoisotopic (exact) mass is 661 g/mol. The van der Waals surface area contributed by atoms with Crippen LogP contribution in [0.1, 0.15) is 55.8 Å². The highest BCUT2D eigenvalue weighted by Crippen LogP contribution is 2.40. The van der Waals surface area contributed by atoms with Crippen molar-refractivity contribution in [3.05, 3.63) is 66.0 Å². The van der Waals surface area contributed by atoms with Gasteiger partial charge in [-0.1, -0.05) is 18.2 Å². The number of fused-ring (bicyclic) bond motifs is 1. The number of phenolic OH excluding ortho intramolecular Hbond substituents is 1.